The summed E-state index contributed by atoms with van der Waals surface area (Å²) in [6.07, 6.45) is 3.72. The Bertz CT molecular complexity index is 274. The van der Waals surface area contributed by atoms with E-state index < -0.39 is 0 Å². The lowest BCUT2D eigenvalue weighted by molar-refractivity contribution is 0.462. The molecule has 15 heavy (non-hydrogen) atoms. The molecule has 0 fully saturated rings. The Morgan fingerprint density at radius 3 is 2.53 bits per heavy atom. The SMILES string of the molecule is CCCC(CC)NCc1nc(C)c(C)s1. The molecule has 3 heteroatoms. The van der Waals surface area contributed by atoms with E-state index in [1.165, 1.54) is 34.8 Å². The van der Waals surface area contributed by atoms with E-state index in [-0.39, 0.29) is 0 Å². The first-order chi connectivity index (χ1) is 7.17. The van der Waals surface area contributed by atoms with Crippen LogP contribution in [0.4, 0.5) is 0 Å². The van der Waals surface area contributed by atoms with Crippen molar-refractivity contribution in [1.29, 1.82) is 0 Å². The van der Waals surface area contributed by atoms with Crippen molar-refractivity contribution in [2.45, 2.75) is 59.5 Å². The molecule has 0 aliphatic heterocycles. The summed E-state index contributed by atoms with van der Waals surface area (Å²) in [5.74, 6) is 0. The van der Waals surface area contributed by atoms with E-state index >= 15 is 0 Å². The maximum absolute atomic E-state index is 4.53. The molecule has 86 valence electrons. The highest BCUT2D eigenvalue weighted by molar-refractivity contribution is 7.11. The van der Waals surface area contributed by atoms with Gasteiger partial charge in [-0.2, -0.15) is 0 Å². The maximum atomic E-state index is 4.53. The largest absolute Gasteiger partial charge is 0.308 e. The summed E-state index contributed by atoms with van der Waals surface area (Å²) in [4.78, 5) is 5.88. The monoisotopic (exact) mass is 226 g/mol. The molecule has 0 saturated carbocycles. The molecule has 0 bridgehead atoms. The summed E-state index contributed by atoms with van der Waals surface area (Å²) in [5, 5.41) is 4.80. The summed E-state index contributed by atoms with van der Waals surface area (Å²) in [7, 11) is 0. The first-order valence-corrected chi connectivity index (χ1v) is 6.65. The lowest BCUT2D eigenvalue weighted by atomic mass is 10.1. The third kappa shape index (κ3) is 3.92. The number of hydrogen-bond donors (Lipinski definition) is 1. The number of rotatable bonds is 6. The van der Waals surface area contributed by atoms with Crippen LogP contribution in [0, 0.1) is 13.8 Å². The molecule has 2 nitrogen and oxygen atoms in total. The van der Waals surface area contributed by atoms with Crippen molar-refractivity contribution in [1.82, 2.24) is 10.3 Å². The van der Waals surface area contributed by atoms with Crippen molar-refractivity contribution in [2.75, 3.05) is 0 Å². The third-order valence-corrected chi connectivity index (χ3v) is 3.82. The highest BCUT2D eigenvalue weighted by Crippen LogP contribution is 2.16. The predicted molar refractivity (Wildman–Crippen MR) is 67.4 cm³/mol. The molecule has 0 aliphatic rings. The molecule has 0 saturated heterocycles. The smallest absolute Gasteiger partial charge is 0.107 e. The summed E-state index contributed by atoms with van der Waals surface area (Å²) in [5.41, 5.74) is 1.18. The highest BCUT2D eigenvalue weighted by Gasteiger charge is 2.07. The van der Waals surface area contributed by atoms with Gasteiger partial charge in [0.1, 0.15) is 5.01 Å². The fourth-order valence-electron chi connectivity index (χ4n) is 1.65. The van der Waals surface area contributed by atoms with E-state index in [4.69, 9.17) is 0 Å². The Hall–Kier alpha value is -0.410. The van der Waals surface area contributed by atoms with Gasteiger partial charge in [0, 0.05) is 17.5 Å². The molecule has 0 spiro atoms. The zero-order valence-electron chi connectivity index (χ0n) is 10.3. The average molecular weight is 226 g/mol. The van der Waals surface area contributed by atoms with Gasteiger partial charge in [-0.25, -0.2) is 4.98 Å². The van der Waals surface area contributed by atoms with Crippen molar-refractivity contribution in [2.24, 2.45) is 0 Å². The van der Waals surface area contributed by atoms with Gasteiger partial charge in [-0.15, -0.1) is 11.3 Å². The van der Waals surface area contributed by atoms with Crippen LogP contribution in [0.2, 0.25) is 0 Å². The Kier molecular flexibility index (Phi) is 5.26. The second kappa shape index (κ2) is 6.23. The summed E-state index contributed by atoms with van der Waals surface area (Å²) in [6, 6.07) is 0.652. The van der Waals surface area contributed by atoms with Crippen LogP contribution in [0.1, 0.15) is 48.7 Å². The van der Waals surface area contributed by atoms with E-state index in [0.29, 0.717) is 6.04 Å². The van der Waals surface area contributed by atoms with Gasteiger partial charge in [0.2, 0.25) is 0 Å². The van der Waals surface area contributed by atoms with Crippen LogP contribution in [0.5, 0.6) is 0 Å². The van der Waals surface area contributed by atoms with E-state index in [9.17, 15) is 0 Å². The molecule has 0 aliphatic carbocycles. The van der Waals surface area contributed by atoms with Crippen LogP contribution in [0.3, 0.4) is 0 Å². The fraction of sp³-hybridized carbons (Fsp3) is 0.750. The van der Waals surface area contributed by atoms with Gasteiger partial charge in [0.05, 0.1) is 5.69 Å². The first kappa shape index (κ1) is 12.7. The molecule has 1 heterocycles. The average Bonchev–Trinajstić information content (AvgIpc) is 2.53. The van der Waals surface area contributed by atoms with Gasteiger partial charge in [0.25, 0.3) is 0 Å². The predicted octanol–water partition coefficient (Wildman–Crippen LogP) is 3.43. The van der Waals surface area contributed by atoms with E-state index in [2.05, 4.69) is 38.0 Å². The second-order valence-corrected chi connectivity index (χ2v) is 5.31. The second-order valence-electron chi connectivity index (χ2n) is 4.02. The molecule has 1 aromatic rings. The molecule has 1 unspecified atom stereocenters. The van der Waals surface area contributed by atoms with Crippen molar-refractivity contribution in [3.63, 3.8) is 0 Å². The highest BCUT2D eigenvalue weighted by atomic mass is 32.1. The minimum Gasteiger partial charge on any atom is -0.308 e. The number of thiazole rings is 1. The van der Waals surface area contributed by atoms with Gasteiger partial charge in [-0.1, -0.05) is 20.3 Å². The lowest BCUT2D eigenvalue weighted by Gasteiger charge is -2.14. The van der Waals surface area contributed by atoms with Gasteiger partial charge >= 0.3 is 0 Å². The quantitative estimate of drug-likeness (QED) is 0.804. The number of nitrogens with zero attached hydrogens (tertiary/aromatic N) is 1. The van der Waals surface area contributed by atoms with Crippen molar-refractivity contribution >= 4 is 11.3 Å². The molecule has 0 radical (unpaired) electrons. The number of aromatic nitrogens is 1. The standard InChI is InChI=1S/C12H22N2S/c1-5-7-11(6-2)13-8-12-14-9(3)10(4)15-12/h11,13H,5-8H2,1-4H3. The topological polar surface area (TPSA) is 24.9 Å². The van der Waals surface area contributed by atoms with Crippen molar-refractivity contribution in [3.8, 4) is 0 Å². The molecule has 1 N–H and O–H groups in total. The molecule has 1 aromatic heterocycles. The zero-order valence-corrected chi connectivity index (χ0v) is 11.1. The van der Waals surface area contributed by atoms with Crippen LogP contribution in [-0.2, 0) is 6.54 Å². The molecular formula is C12H22N2S. The Morgan fingerprint density at radius 1 is 1.33 bits per heavy atom. The summed E-state index contributed by atoms with van der Waals surface area (Å²) < 4.78 is 0. The van der Waals surface area contributed by atoms with Crippen LogP contribution in [0.15, 0.2) is 0 Å². The van der Waals surface area contributed by atoms with E-state index in [1.807, 2.05) is 11.3 Å². The fourth-order valence-corrected chi connectivity index (χ4v) is 2.53. The minimum absolute atomic E-state index is 0.652. The van der Waals surface area contributed by atoms with E-state index in [1.54, 1.807) is 0 Å². The number of nitrogens with one attached hydrogen (secondary N) is 1. The van der Waals surface area contributed by atoms with Crippen LogP contribution >= 0.6 is 11.3 Å². The molecule has 0 aromatic carbocycles. The van der Waals surface area contributed by atoms with Gasteiger partial charge in [-0.3, -0.25) is 0 Å². The zero-order chi connectivity index (χ0) is 11.3. The van der Waals surface area contributed by atoms with Gasteiger partial charge < -0.3 is 5.32 Å². The molecule has 1 rings (SSSR count). The van der Waals surface area contributed by atoms with Gasteiger partial charge in [-0.05, 0) is 26.7 Å². The number of aryl methyl sites for hydroxylation is 2. The lowest BCUT2D eigenvalue weighted by Crippen LogP contribution is -2.27. The van der Waals surface area contributed by atoms with Crippen molar-refractivity contribution < 1.29 is 0 Å². The third-order valence-electron chi connectivity index (χ3n) is 2.74. The molecular weight excluding hydrogens is 204 g/mol. The van der Waals surface area contributed by atoms with Crippen LogP contribution in [-0.4, -0.2) is 11.0 Å². The summed E-state index contributed by atoms with van der Waals surface area (Å²) >= 11 is 1.81. The Balaban J connectivity index is 2.41. The maximum Gasteiger partial charge on any atom is 0.107 e. The number of hydrogen-bond acceptors (Lipinski definition) is 3. The summed E-state index contributed by atoms with van der Waals surface area (Å²) in [6.45, 7) is 9.63. The van der Waals surface area contributed by atoms with E-state index in [0.717, 1.165) is 6.54 Å². The van der Waals surface area contributed by atoms with Crippen LogP contribution < -0.4 is 5.32 Å². The minimum atomic E-state index is 0.652. The first-order valence-electron chi connectivity index (χ1n) is 5.83. The Morgan fingerprint density at radius 2 is 2.07 bits per heavy atom. The van der Waals surface area contributed by atoms with Gasteiger partial charge in [0.15, 0.2) is 0 Å². The Labute approximate surface area is 97.1 Å². The van der Waals surface area contributed by atoms with Crippen LogP contribution in [0.25, 0.3) is 0 Å². The van der Waals surface area contributed by atoms with Crippen molar-refractivity contribution in [3.05, 3.63) is 15.6 Å². The molecule has 1 atom stereocenters. The molecule has 0 amide bonds. The normalized spacial score (nSPS) is 13.1.